The lowest BCUT2D eigenvalue weighted by Gasteiger charge is -2.50. The first kappa shape index (κ1) is 18.4. The maximum atomic E-state index is 11.2. The van der Waals surface area contributed by atoms with Gasteiger partial charge in [-0.05, 0) is 90.0 Å². The maximum absolute atomic E-state index is 11.2. The molecule has 1 aromatic heterocycles. The van der Waals surface area contributed by atoms with Crippen molar-refractivity contribution in [3.8, 4) is 5.75 Å². The number of hydrogen-bond donors (Lipinski definition) is 1. The zero-order valence-electron chi connectivity index (χ0n) is 16.7. The Labute approximate surface area is 171 Å². The van der Waals surface area contributed by atoms with Crippen LogP contribution in [0, 0.1) is 17.3 Å². The summed E-state index contributed by atoms with van der Waals surface area (Å²) < 4.78 is 5.44. The number of aryl methyl sites for hydroxylation is 1. The van der Waals surface area contributed by atoms with Crippen molar-refractivity contribution < 1.29 is 9.84 Å². The molecule has 148 valence electrons. The number of methoxy groups -OCH3 is 1. The van der Waals surface area contributed by atoms with Gasteiger partial charge in [0.25, 0.3) is 0 Å². The molecule has 2 saturated carbocycles. The van der Waals surface area contributed by atoms with Crippen LogP contribution in [-0.2, 0) is 6.42 Å². The van der Waals surface area contributed by atoms with Gasteiger partial charge in [0, 0.05) is 11.1 Å². The number of aliphatic hydroxyl groups excluding tert-OH is 1. The van der Waals surface area contributed by atoms with E-state index in [1.807, 2.05) is 6.21 Å². The SMILES string of the molecule is COc1ccc2c(c1)CC[C@@H]1[C@@H]2CC[C@]2(C)[C@H](O)[C@H](N=Cc3cccs3)C[C@@H]12. The molecule has 4 heteroatoms. The molecule has 2 fully saturated rings. The average Bonchev–Trinajstić information content (AvgIpc) is 3.32. The Hall–Kier alpha value is -1.65. The average molecular weight is 396 g/mol. The first-order valence-corrected chi connectivity index (χ1v) is 11.4. The van der Waals surface area contributed by atoms with Gasteiger partial charge in [-0.1, -0.05) is 19.1 Å². The van der Waals surface area contributed by atoms with Crippen molar-refractivity contribution in [2.45, 2.75) is 57.1 Å². The van der Waals surface area contributed by atoms with Crippen molar-refractivity contribution in [1.82, 2.24) is 0 Å². The molecule has 28 heavy (non-hydrogen) atoms. The molecule has 2 aromatic rings. The van der Waals surface area contributed by atoms with Crippen LogP contribution in [0.4, 0.5) is 0 Å². The van der Waals surface area contributed by atoms with E-state index in [1.165, 1.54) is 28.8 Å². The third-order valence-electron chi connectivity index (χ3n) is 7.84. The summed E-state index contributed by atoms with van der Waals surface area (Å²) in [5, 5.41) is 13.3. The highest BCUT2D eigenvalue weighted by atomic mass is 32.1. The lowest BCUT2D eigenvalue weighted by atomic mass is 9.55. The van der Waals surface area contributed by atoms with Gasteiger partial charge < -0.3 is 9.84 Å². The van der Waals surface area contributed by atoms with Crippen molar-refractivity contribution in [1.29, 1.82) is 0 Å². The number of rotatable bonds is 3. The van der Waals surface area contributed by atoms with E-state index in [9.17, 15) is 5.11 Å². The standard InChI is InChI=1S/C24H29NO2S/c1-24-10-9-19-18-8-6-16(27-2)12-15(18)5-7-20(19)21(24)13-22(23(24)26)25-14-17-4-3-11-28-17/h3-4,6,8,11-12,14,19-23,26H,5,7,9-10,13H2,1-2H3/t19-,20-,21+,22-,23-,24+/m1/s1. The van der Waals surface area contributed by atoms with E-state index >= 15 is 0 Å². The summed E-state index contributed by atoms with van der Waals surface area (Å²) in [5.41, 5.74) is 3.00. The van der Waals surface area contributed by atoms with Gasteiger partial charge in [0.2, 0.25) is 0 Å². The number of ether oxygens (including phenoxy) is 1. The molecule has 1 N–H and O–H groups in total. The highest BCUT2D eigenvalue weighted by molar-refractivity contribution is 7.11. The van der Waals surface area contributed by atoms with Crippen LogP contribution in [0.3, 0.4) is 0 Å². The number of aliphatic hydroxyl groups is 1. The fraction of sp³-hybridized carbons (Fsp3) is 0.542. The van der Waals surface area contributed by atoms with Gasteiger partial charge in [0.15, 0.2) is 0 Å². The van der Waals surface area contributed by atoms with E-state index in [0.717, 1.165) is 25.0 Å². The van der Waals surface area contributed by atoms with Gasteiger partial charge >= 0.3 is 0 Å². The molecule has 0 spiro atoms. The quantitative estimate of drug-likeness (QED) is 0.737. The van der Waals surface area contributed by atoms with E-state index in [4.69, 9.17) is 9.73 Å². The molecule has 1 heterocycles. The lowest BCUT2D eigenvalue weighted by molar-refractivity contribution is -0.0254. The molecule has 6 atom stereocenters. The Morgan fingerprint density at radius 3 is 2.96 bits per heavy atom. The summed E-state index contributed by atoms with van der Waals surface area (Å²) in [6.45, 7) is 2.32. The van der Waals surface area contributed by atoms with E-state index in [0.29, 0.717) is 17.8 Å². The minimum atomic E-state index is -0.327. The predicted molar refractivity (Wildman–Crippen MR) is 115 cm³/mol. The van der Waals surface area contributed by atoms with Gasteiger partial charge in [0.1, 0.15) is 5.75 Å². The fourth-order valence-electron chi connectivity index (χ4n) is 6.35. The zero-order chi connectivity index (χ0) is 19.3. The normalized spacial score (nSPS) is 36.8. The van der Waals surface area contributed by atoms with E-state index < -0.39 is 0 Å². The Kier molecular flexibility index (Phi) is 4.59. The van der Waals surface area contributed by atoms with Crippen LogP contribution in [0.25, 0.3) is 0 Å². The van der Waals surface area contributed by atoms with Crippen LogP contribution in [0.5, 0.6) is 5.75 Å². The number of aliphatic imine (C=N–C) groups is 1. The molecule has 0 aliphatic heterocycles. The molecule has 0 unspecified atom stereocenters. The zero-order valence-corrected chi connectivity index (χ0v) is 17.5. The maximum Gasteiger partial charge on any atom is 0.119 e. The molecule has 3 aliphatic carbocycles. The Bertz CT molecular complexity index is 877. The summed E-state index contributed by atoms with van der Waals surface area (Å²) in [6.07, 6.45) is 7.28. The first-order chi connectivity index (χ1) is 13.6. The summed E-state index contributed by atoms with van der Waals surface area (Å²) >= 11 is 1.70. The second kappa shape index (κ2) is 7.00. The van der Waals surface area contributed by atoms with Crippen molar-refractivity contribution in [2.75, 3.05) is 7.11 Å². The van der Waals surface area contributed by atoms with Gasteiger partial charge in [-0.25, -0.2) is 0 Å². The first-order valence-electron chi connectivity index (χ1n) is 10.5. The third-order valence-corrected chi connectivity index (χ3v) is 8.65. The third kappa shape index (κ3) is 2.84. The summed E-state index contributed by atoms with van der Waals surface area (Å²) in [6, 6.07) is 10.8. The topological polar surface area (TPSA) is 41.8 Å². The second-order valence-electron chi connectivity index (χ2n) is 9.07. The molecule has 3 aliphatic rings. The molecular weight excluding hydrogens is 366 g/mol. The van der Waals surface area contributed by atoms with Crippen molar-refractivity contribution in [2.24, 2.45) is 22.2 Å². The Morgan fingerprint density at radius 1 is 1.29 bits per heavy atom. The van der Waals surface area contributed by atoms with Crippen molar-refractivity contribution in [3.63, 3.8) is 0 Å². The lowest BCUT2D eigenvalue weighted by Crippen LogP contribution is -2.44. The molecule has 3 nitrogen and oxygen atoms in total. The molecule has 0 amide bonds. The number of hydrogen-bond acceptors (Lipinski definition) is 4. The van der Waals surface area contributed by atoms with E-state index in [-0.39, 0.29) is 17.6 Å². The molecule has 0 radical (unpaired) electrons. The summed E-state index contributed by atoms with van der Waals surface area (Å²) in [7, 11) is 1.75. The van der Waals surface area contributed by atoms with Gasteiger partial charge in [-0.15, -0.1) is 11.3 Å². The van der Waals surface area contributed by atoms with Crippen LogP contribution in [-0.4, -0.2) is 30.6 Å². The van der Waals surface area contributed by atoms with Crippen LogP contribution >= 0.6 is 11.3 Å². The summed E-state index contributed by atoms with van der Waals surface area (Å²) in [5.74, 6) is 2.82. The largest absolute Gasteiger partial charge is 0.497 e. The monoisotopic (exact) mass is 395 g/mol. The van der Waals surface area contributed by atoms with Crippen molar-refractivity contribution in [3.05, 3.63) is 51.7 Å². The van der Waals surface area contributed by atoms with Crippen LogP contribution in [0.2, 0.25) is 0 Å². The molecular formula is C24H29NO2S. The van der Waals surface area contributed by atoms with Crippen LogP contribution in [0.1, 0.15) is 54.5 Å². The smallest absolute Gasteiger partial charge is 0.119 e. The van der Waals surface area contributed by atoms with Crippen molar-refractivity contribution >= 4 is 17.6 Å². The summed E-state index contributed by atoms with van der Waals surface area (Å²) in [4.78, 5) is 6.01. The van der Waals surface area contributed by atoms with Crippen LogP contribution in [0.15, 0.2) is 40.7 Å². The van der Waals surface area contributed by atoms with Gasteiger partial charge in [-0.3, -0.25) is 4.99 Å². The highest BCUT2D eigenvalue weighted by Gasteiger charge is 2.57. The molecule has 1 aromatic carbocycles. The number of thiophene rings is 1. The molecule has 0 bridgehead atoms. The fourth-order valence-corrected chi connectivity index (χ4v) is 6.94. The Balaban J connectivity index is 1.41. The number of benzene rings is 1. The minimum Gasteiger partial charge on any atom is -0.497 e. The van der Waals surface area contributed by atoms with Gasteiger partial charge in [-0.2, -0.15) is 0 Å². The highest BCUT2D eigenvalue weighted by Crippen LogP contribution is 2.61. The van der Waals surface area contributed by atoms with E-state index in [2.05, 4.69) is 42.6 Å². The van der Waals surface area contributed by atoms with Gasteiger partial charge in [0.05, 0.1) is 19.3 Å². The van der Waals surface area contributed by atoms with E-state index in [1.54, 1.807) is 18.4 Å². The molecule has 5 rings (SSSR count). The second-order valence-corrected chi connectivity index (χ2v) is 10.0. The number of nitrogens with zero attached hydrogens (tertiary/aromatic N) is 1. The molecule has 0 saturated heterocycles. The van der Waals surface area contributed by atoms with Crippen LogP contribution < -0.4 is 4.74 Å². The number of fused-ring (bicyclic) bond motifs is 5. The predicted octanol–water partition coefficient (Wildman–Crippen LogP) is 5.07. The Morgan fingerprint density at radius 2 is 2.18 bits per heavy atom. The minimum absolute atomic E-state index is 0.00258.